The van der Waals surface area contributed by atoms with Crippen LogP contribution in [-0.2, 0) is 27.4 Å². The van der Waals surface area contributed by atoms with E-state index in [1.807, 2.05) is 62.4 Å². The number of thiazole rings is 1. The number of benzene rings is 2. The largest absolute Gasteiger partial charge is 0.457 e. The lowest BCUT2D eigenvalue weighted by molar-refractivity contribution is -0.135. The van der Waals surface area contributed by atoms with Gasteiger partial charge in [-0.2, -0.15) is 0 Å². The first-order valence-corrected chi connectivity index (χ1v) is 15.1. The smallest absolute Gasteiger partial charge is 0.265 e. The van der Waals surface area contributed by atoms with Gasteiger partial charge in [0.25, 0.3) is 5.91 Å². The third kappa shape index (κ3) is 7.27. The number of amides is 3. The van der Waals surface area contributed by atoms with E-state index < -0.39 is 6.04 Å². The van der Waals surface area contributed by atoms with Crippen LogP contribution >= 0.6 is 11.3 Å². The van der Waals surface area contributed by atoms with Gasteiger partial charge in [-0.1, -0.05) is 35.6 Å². The van der Waals surface area contributed by atoms with Crippen LogP contribution in [0.25, 0.3) is 0 Å². The van der Waals surface area contributed by atoms with Gasteiger partial charge in [0.1, 0.15) is 16.4 Å². The Balaban J connectivity index is 1.36. The van der Waals surface area contributed by atoms with Crippen LogP contribution in [0.2, 0.25) is 0 Å². The van der Waals surface area contributed by atoms with Crippen molar-refractivity contribution in [1.82, 2.24) is 20.1 Å². The minimum atomic E-state index is -0.446. The second kappa shape index (κ2) is 13.3. The predicted octanol–water partition coefficient (Wildman–Crippen LogP) is 4.00. The lowest BCUT2D eigenvalue weighted by Crippen LogP contribution is -2.58. The molecular weight excluding hydrogens is 554 g/mol. The van der Waals surface area contributed by atoms with Crippen molar-refractivity contribution >= 4 is 34.2 Å². The van der Waals surface area contributed by atoms with E-state index in [-0.39, 0.29) is 36.8 Å². The third-order valence-electron chi connectivity index (χ3n) is 7.43. The Morgan fingerprint density at radius 2 is 1.86 bits per heavy atom. The van der Waals surface area contributed by atoms with Crippen molar-refractivity contribution in [2.75, 3.05) is 38.5 Å². The highest BCUT2D eigenvalue weighted by Crippen LogP contribution is 2.27. The Hall–Kier alpha value is -3.96. The number of carbonyl (C=O) groups is 3. The number of carbonyl (C=O) groups excluding carboxylic acids is 3. The molecule has 5 rings (SSSR count). The molecular formula is C31H37N5O5S. The van der Waals surface area contributed by atoms with Crippen LogP contribution in [0.1, 0.15) is 46.3 Å². The summed E-state index contributed by atoms with van der Waals surface area (Å²) in [6, 6.07) is 15.0. The minimum absolute atomic E-state index is 0.0821. The molecule has 1 saturated heterocycles. The molecule has 2 atom stereocenters. The van der Waals surface area contributed by atoms with Crippen LogP contribution < -0.4 is 15.4 Å². The molecule has 0 unspecified atom stereocenters. The number of hydrogen-bond donors (Lipinski definition) is 2. The molecule has 4 bridgehead atoms. The Labute approximate surface area is 250 Å². The van der Waals surface area contributed by atoms with Crippen molar-refractivity contribution in [2.45, 2.75) is 51.9 Å². The van der Waals surface area contributed by atoms with Gasteiger partial charge in [-0.25, -0.2) is 4.98 Å². The molecule has 3 aromatic rings. The van der Waals surface area contributed by atoms with E-state index in [2.05, 4.69) is 15.6 Å². The lowest BCUT2D eigenvalue weighted by Gasteiger charge is -2.39. The molecule has 2 aliphatic rings. The lowest BCUT2D eigenvalue weighted by atomic mass is 10.0. The number of nitrogens with zero attached hydrogens (tertiary/aromatic N) is 3. The van der Waals surface area contributed by atoms with Crippen LogP contribution in [0.5, 0.6) is 11.5 Å². The quantitative estimate of drug-likeness (QED) is 0.474. The maximum Gasteiger partial charge on any atom is 0.265 e. The van der Waals surface area contributed by atoms with Crippen LogP contribution in [-0.4, -0.2) is 77.9 Å². The fourth-order valence-corrected chi connectivity index (χ4v) is 6.22. The van der Waals surface area contributed by atoms with E-state index in [4.69, 9.17) is 9.47 Å². The molecule has 0 spiro atoms. The summed E-state index contributed by atoms with van der Waals surface area (Å²) in [5.41, 5.74) is 2.60. The monoisotopic (exact) mass is 591 g/mol. The first kappa shape index (κ1) is 29.5. The SMILES string of the molecule is CCNc1nc(C)c(C(=O)N2CC[C@H]3OCc4cccc(c4)Oc4cccc(c4)CCC(=O)N(C)CC(=O)N[C@H]3C2)s1. The number of likely N-dealkylation sites (tertiary alicyclic amines) is 1. The highest BCUT2D eigenvalue weighted by atomic mass is 32.1. The molecule has 11 heteroatoms. The Bertz CT molecular complexity index is 1440. The number of rotatable bonds is 3. The summed E-state index contributed by atoms with van der Waals surface area (Å²) in [5.74, 6) is 0.850. The molecule has 1 fully saturated rings. The number of aromatic nitrogens is 1. The average molecular weight is 592 g/mol. The molecule has 10 nitrogen and oxygen atoms in total. The Morgan fingerprint density at radius 3 is 2.62 bits per heavy atom. The summed E-state index contributed by atoms with van der Waals surface area (Å²) < 4.78 is 12.5. The van der Waals surface area contributed by atoms with Gasteiger partial charge in [0.2, 0.25) is 11.8 Å². The summed E-state index contributed by atoms with van der Waals surface area (Å²) in [5, 5.41) is 6.95. The van der Waals surface area contributed by atoms with Crippen LogP contribution in [0.4, 0.5) is 5.13 Å². The van der Waals surface area contributed by atoms with E-state index in [9.17, 15) is 14.4 Å². The molecule has 0 radical (unpaired) electrons. The van der Waals surface area contributed by atoms with E-state index in [0.717, 1.165) is 17.7 Å². The minimum Gasteiger partial charge on any atom is -0.457 e. The zero-order valence-electron chi connectivity index (χ0n) is 24.2. The molecule has 2 N–H and O–H groups in total. The maximum absolute atomic E-state index is 13.5. The Morgan fingerprint density at radius 1 is 1.12 bits per heavy atom. The van der Waals surface area contributed by atoms with Crippen molar-refractivity contribution < 1.29 is 23.9 Å². The van der Waals surface area contributed by atoms with Crippen molar-refractivity contribution in [1.29, 1.82) is 0 Å². The average Bonchev–Trinajstić information content (AvgIpc) is 3.34. The van der Waals surface area contributed by atoms with Gasteiger partial charge in [-0.05, 0) is 62.1 Å². The second-order valence-corrected chi connectivity index (χ2v) is 11.7. The summed E-state index contributed by atoms with van der Waals surface area (Å²) in [6.07, 6.45) is 1.03. The van der Waals surface area contributed by atoms with Gasteiger partial charge in [-0.15, -0.1) is 0 Å². The van der Waals surface area contributed by atoms with Gasteiger partial charge in [0, 0.05) is 33.1 Å². The van der Waals surface area contributed by atoms with Crippen LogP contribution in [0.15, 0.2) is 48.5 Å². The Kier molecular flexibility index (Phi) is 9.38. The van der Waals surface area contributed by atoms with Gasteiger partial charge in [-0.3, -0.25) is 14.4 Å². The van der Waals surface area contributed by atoms with Crippen molar-refractivity contribution in [3.63, 3.8) is 0 Å². The first-order valence-electron chi connectivity index (χ1n) is 14.3. The second-order valence-electron chi connectivity index (χ2n) is 10.7. The number of piperidine rings is 1. The molecule has 1 aromatic heterocycles. The summed E-state index contributed by atoms with van der Waals surface area (Å²) in [4.78, 5) is 47.8. The van der Waals surface area contributed by atoms with Gasteiger partial charge in [0.15, 0.2) is 5.13 Å². The van der Waals surface area contributed by atoms with E-state index in [1.165, 1.54) is 16.2 Å². The molecule has 3 amide bonds. The molecule has 2 aromatic carbocycles. The summed E-state index contributed by atoms with van der Waals surface area (Å²) in [6.45, 7) is 5.55. The zero-order chi connectivity index (χ0) is 29.6. The van der Waals surface area contributed by atoms with Gasteiger partial charge < -0.3 is 29.9 Å². The predicted molar refractivity (Wildman–Crippen MR) is 161 cm³/mol. The number of ether oxygens (including phenoxy) is 2. The highest BCUT2D eigenvalue weighted by molar-refractivity contribution is 7.17. The molecule has 2 aliphatic heterocycles. The highest BCUT2D eigenvalue weighted by Gasteiger charge is 2.35. The van der Waals surface area contributed by atoms with Crippen LogP contribution in [0.3, 0.4) is 0 Å². The number of likely N-dealkylation sites (N-methyl/N-ethyl adjacent to an activating group) is 1. The molecule has 3 heterocycles. The van der Waals surface area contributed by atoms with Gasteiger partial charge >= 0.3 is 0 Å². The molecule has 42 heavy (non-hydrogen) atoms. The zero-order valence-corrected chi connectivity index (χ0v) is 25.0. The third-order valence-corrected chi connectivity index (χ3v) is 8.54. The fraction of sp³-hybridized carbons (Fsp3) is 0.419. The van der Waals surface area contributed by atoms with Crippen molar-refractivity contribution in [2.24, 2.45) is 0 Å². The van der Waals surface area contributed by atoms with Gasteiger partial charge in [0.05, 0.1) is 31.0 Å². The number of hydrogen-bond acceptors (Lipinski definition) is 8. The standard InChI is InChI=1S/C31H37N5O5S/c1-4-32-31-33-20(2)29(42-31)30(39)36-14-13-26-25(17-36)34-27(37)18-35(3)28(38)12-11-21-7-5-9-23(15-21)41-24-10-6-8-22(16-24)19-40-26/h5-10,15-16,25-26H,4,11-14,17-19H2,1-3H3,(H,32,33)(H,34,37)/t25-,26+/m0/s1. The number of fused-ring (bicyclic) bond motifs is 5. The van der Waals surface area contributed by atoms with Crippen molar-refractivity contribution in [3.05, 3.63) is 70.2 Å². The van der Waals surface area contributed by atoms with Crippen LogP contribution in [0, 0.1) is 6.92 Å². The molecule has 222 valence electrons. The maximum atomic E-state index is 13.5. The fourth-order valence-electron chi connectivity index (χ4n) is 5.22. The first-order chi connectivity index (χ1) is 20.3. The summed E-state index contributed by atoms with van der Waals surface area (Å²) >= 11 is 1.34. The normalized spacial score (nSPS) is 20.1. The van der Waals surface area contributed by atoms with E-state index in [0.29, 0.717) is 59.7 Å². The topological polar surface area (TPSA) is 113 Å². The molecule has 0 aliphatic carbocycles. The molecule has 0 saturated carbocycles. The number of anilines is 1. The summed E-state index contributed by atoms with van der Waals surface area (Å²) in [7, 11) is 1.63. The number of nitrogens with one attached hydrogen (secondary N) is 2. The number of aryl methyl sites for hydroxylation is 2. The van der Waals surface area contributed by atoms with E-state index >= 15 is 0 Å². The van der Waals surface area contributed by atoms with Crippen molar-refractivity contribution in [3.8, 4) is 11.5 Å². The van der Waals surface area contributed by atoms with E-state index in [1.54, 1.807) is 11.9 Å².